The lowest BCUT2D eigenvalue weighted by Gasteiger charge is -2.18. The number of hydrogen-bond acceptors (Lipinski definition) is 3. The standard InChI is InChI=1S/C20H22IN3O2.ClH/c1-3-24(4-2)12-11-22-20(26)15-9-5-7-13-17(15)23-18-14(19(13)25)8-6-10-16(18)21;/h5-10H,3-4,11-12H2,1-2H3,(H,22,26)(H,23,25);1H. The number of carbonyl (C=O) groups excluding carboxylic acids is 1. The summed E-state index contributed by atoms with van der Waals surface area (Å²) in [6.07, 6.45) is 0. The van der Waals surface area contributed by atoms with Crippen LogP contribution in [0.25, 0.3) is 21.8 Å². The van der Waals surface area contributed by atoms with E-state index in [1.54, 1.807) is 18.2 Å². The smallest absolute Gasteiger partial charge is 0.253 e. The Bertz CT molecular complexity index is 1020. The number of para-hydroxylation sites is 2. The highest BCUT2D eigenvalue weighted by Crippen LogP contribution is 2.21. The molecular weight excluding hydrogens is 477 g/mol. The number of nitrogens with one attached hydrogen (secondary N) is 2. The lowest BCUT2D eigenvalue weighted by atomic mass is 10.1. The monoisotopic (exact) mass is 499 g/mol. The van der Waals surface area contributed by atoms with E-state index in [0.717, 1.165) is 28.7 Å². The second-order valence-corrected chi connectivity index (χ2v) is 7.29. The first-order valence-corrected chi connectivity index (χ1v) is 9.88. The highest BCUT2D eigenvalue weighted by molar-refractivity contribution is 14.1. The molecule has 0 unspecified atom stereocenters. The van der Waals surface area contributed by atoms with Crippen molar-refractivity contribution in [3.63, 3.8) is 0 Å². The molecule has 0 aliphatic heterocycles. The Morgan fingerprint density at radius 1 is 1.07 bits per heavy atom. The molecule has 0 aliphatic rings. The maximum atomic E-state index is 12.8. The Morgan fingerprint density at radius 2 is 1.70 bits per heavy atom. The first-order valence-electron chi connectivity index (χ1n) is 8.80. The summed E-state index contributed by atoms with van der Waals surface area (Å²) in [6, 6.07) is 10.9. The third kappa shape index (κ3) is 4.44. The van der Waals surface area contributed by atoms with E-state index in [0.29, 0.717) is 28.4 Å². The van der Waals surface area contributed by atoms with Gasteiger partial charge in [0.2, 0.25) is 0 Å². The van der Waals surface area contributed by atoms with E-state index in [-0.39, 0.29) is 23.7 Å². The van der Waals surface area contributed by atoms with Crippen LogP contribution in [-0.2, 0) is 0 Å². The summed E-state index contributed by atoms with van der Waals surface area (Å²) in [5, 5.41) is 4.15. The first-order chi connectivity index (χ1) is 12.6. The minimum atomic E-state index is -0.163. The molecule has 1 heterocycles. The molecule has 0 radical (unpaired) electrons. The van der Waals surface area contributed by atoms with Crippen LogP contribution < -0.4 is 10.7 Å². The van der Waals surface area contributed by atoms with E-state index in [9.17, 15) is 9.59 Å². The quantitative estimate of drug-likeness (QED) is 0.401. The average Bonchev–Trinajstić information content (AvgIpc) is 2.66. The lowest BCUT2D eigenvalue weighted by Crippen LogP contribution is -2.35. The summed E-state index contributed by atoms with van der Waals surface area (Å²) in [4.78, 5) is 31.1. The number of likely N-dealkylation sites (N-methyl/N-ethyl adjacent to an activating group) is 1. The second kappa shape index (κ2) is 9.52. The van der Waals surface area contributed by atoms with Gasteiger partial charge in [-0.25, -0.2) is 0 Å². The normalized spacial score (nSPS) is 11.0. The first kappa shape index (κ1) is 21.7. The van der Waals surface area contributed by atoms with Gasteiger partial charge < -0.3 is 15.2 Å². The van der Waals surface area contributed by atoms with Crippen molar-refractivity contribution in [1.82, 2.24) is 15.2 Å². The van der Waals surface area contributed by atoms with E-state index >= 15 is 0 Å². The van der Waals surface area contributed by atoms with Gasteiger partial charge >= 0.3 is 0 Å². The van der Waals surface area contributed by atoms with Crippen LogP contribution in [0, 0.1) is 3.57 Å². The molecule has 2 N–H and O–H groups in total. The molecule has 3 rings (SSSR count). The fourth-order valence-electron chi connectivity index (χ4n) is 3.14. The Kier molecular flexibility index (Phi) is 7.64. The van der Waals surface area contributed by atoms with Gasteiger partial charge in [0.25, 0.3) is 5.91 Å². The van der Waals surface area contributed by atoms with E-state index in [1.807, 2.05) is 18.2 Å². The van der Waals surface area contributed by atoms with Crippen molar-refractivity contribution in [1.29, 1.82) is 0 Å². The molecule has 0 aliphatic carbocycles. The lowest BCUT2D eigenvalue weighted by molar-refractivity contribution is 0.0950. The molecule has 2 aromatic carbocycles. The van der Waals surface area contributed by atoms with Crippen LogP contribution in [0.4, 0.5) is 0 Å². The van der Waals surface area contributed by atoms with Gasteiger partial charge in [0.1, 0.15) is 0 Å². The van der Waals surface area contributed by atoms with Gasteiger partial charge in [-0.1, -0.05) is 26.0 Å². The van der Waals surface area contributed by atoms with Gasteiger partial charge in [-0.3, -0.25) is 9.59 Å². The fraction of sp³-hybridized carbons (Fsp3) is 0.300. The maximum Gasteiger partial charge on any atom is 0.253 e. The van der Waals surface area contributed by atoms with Crippen molar-refractivity contribution in [3.8, 4) is 0 Å². The van der Waals surface area contributed by atoms with Crippen LogP contribution in [0.3, 0.4) is 0 Å². The Hall–Kier alpha value is -1.64. The molecule has 7 heteroatoms. The fourth-order valence-corrected chi connectivity index (χ4v) is 3.77. The summed E-state index contributed by atoms with van der Waals surface area (Å²) in [5.41, 5.74) is 1.81. The van der Waals surface area contributed by atoms with Crippen LogP contribution in [0.1, 0.15) is 24.2 Å². The van der Waals surface area contributed by atoms with E-state index in [4.69, 9.17) is 0 Å². The van der Waals surface area contributed by atoms with Gasteiger partial charge in [-0.15, -0.1) is 12.4 Å². The largest absolute Gasteiger partial charge is 0.353 e. The molecule has 3 aromatic rings. The molecule has 1 amide bonds. The number of amides is 1. The van der Waals surface area contributed by atoms with E-state index in [1.165, 1.54) is 0 Å². The van der Waals surface area contributed by atoms with Gasteiger partial charge in [-0.2, -0.15) is 0 Å². The molecule has 0 fully saturated rings. The molecule has 0 spiro atoms. The molecule has 27 heavy (non-hydrogen) atoms. The minimum absolute atomic E-state index is 0. The number of halogens is 2. The van der Waals surface area contributed by atoms with Crippen molar-refractivity contribution in [2.75, 3.05) is 26.2 Å². The Morgan fingerprint density at radius 3 is 2.37 bits per heavy atom. The zero-order valence-corrected chi connectivity index (χ0v) is 18.3. The highest BCUT2D eigenvalue weighted by Gasteiger charge is 2.14. The third-order valence-electron chi connectivity index (χ3n) is 4.67. The van der Waals surface area contributed by atoms with Gasteiger partial charge in [-0.05, 0) is 59.9 Å². The van der Waals surface area contributed by atoms with Gasteiger partial charge in [0, 0.05) is 27.4 Å². The number of pyridine rings is 1. The SMILES string of the molecule is CCN(CC)CCNC(=O)c1cccc2c(=O)c3cccc(I)c3[nH]c12.Cl. The number of aromatic nitrogens is 1. The van der Waals surface area contributed by atoms with Crippen LogP contribution >= 0.6 is 35.0 Å². The molecule has 0 atom stereocenters. The second-order valence-electron chi connectivity index (χ2n) is 6.13. The van der Waals surface area contributed by atoms with Crippen LogP contribution in [0.5, 0.6) is 0 Å². The zero-order chi connectivity index (χ0) is 18.7. The molecular formula is C20H23ClIN3O2. The highest BCUT2D eigenvalue weighted by atomic mass is 127. The maximum absolute atomic E-state index is 12.8. The van der Waals surface area contributed by atoms with Crippen LogP contribution in [0.15, 0.2) is 41.2 Å². The van der Waals surface area contributed by atoms with Crippen LogP contribution in [-0.4, -0.2) is 42.0 Å². The van der Waals surface area contributed by atoms with Crippen LogP contribution in [0.2, 0.25) is 0 Å². The summed E-state index contributed by atoms with van der Waals surface area (Å²) >= 11 is 2.20. The molecule has 0 saturated heterocycles. The summed E-state index contributed by atoms with van der Waals surface area (Å²) in [5.74, 6) is -0.163. The van der Waals surface area contributed by atoms with Crippen molar-refractivity contribution in [2.24, 2.45) is 0 Å². The molecule has 144 valence electrons. The average molecular weight is 500 g/mol. The van der Waals surface area contributed by atoms with Gasteiger partial charge in [0.05, 0.1) is 16.6 Å². The number of carbonyl (C=O) groups is 1. The predicted octanol–water partition coefficient (Wildman–Crippen LogP) is 3.78. The molecule has 1 aromatic heterocycles. The van der Waals surface area contributed by atoms with Crippen molar-refractivity contribution in [2.45, 2.75) is 13.8 Å². The molecule has 5 nitrogen and oxygen atoms in total. The Balaban J connectivity index is 0.00000261. The predicted molar refractivity (Wildman–Crippen MR) is 122 cm³/mol. The minimum Gasteiger partial charge on any atom is -0.353 e. The summed E-state index contributed by atoms with van der Waals surface area (Å²) < 4.78 is 0.954. The summed E-state index contributed by atoms with van der Waals surface area (Å²) in [7, 11) is 0. The zero-order valence-electron chi connectivity index (χ0n) is 15.3. The molecule has 0 saturated carbocycles. The number of rotatable bonds is 6. The van der Waals surface area contributed by atoms with E-state index in [2.05, 4.69) is 51.6 Å². The van der Waals surface area contributed by atoms with Gasteiger partial charge in [0.15, 0.2) is 5.43 Å². The number of fused-ring (bicyclic) bond motifs is 2. The number of H-pyrrole nitrogens is 1. The van der Waals surface area contributed by atoms with E-state index < -0.39 is 0 Å². The van der Waals surface area contributed by atoms with Crippen molar-refractivity contribution in [3.05, 3.63) is 55.8 Å². The number of benzene rings is 2. The molecule has 0 bridgehead atoms. The third-order valence-corrected chi connectivity index (χ3v) is 5.57. The van der Waals surface area contributed by atoms with Crippen molar-refractivity contribution >= 4 is 62.7 Å². The Labute approximate surface area is 178 Å². The number of hydrogen-bond donors (Lipinski definition) is 2. The summed E-state index contributed by atoms with van der Waals surface area (Å²) in [6.45, 7) is 7.50. The van der Waals surface area contributed by atoms with Crippen molar-refractivity contribution < 1.29 is 4.79 Å². The number of aromatic amines is 1. The number of nitrogens with zero attached hydrogens (tertiary/aromatic N) is 1. The topological polar surface area (TPSA) is 65.2 Å².